The smallest absolute Gasteiger partial charge is 0.249 e. The Morgan fingerprint density at radius 2 is 1.77 bits per heavy atom. The lowest BCUT2D eigenvalue weighted by Crippen LogP contribution is -2.74. The van der Waals surface area contributed by atoms with E-state index in [2.05, 4.69) is 20.5 Å². The van der Waals surface area contributed by atoms with Gasteiger partial charge < -0.3 is 20.3 Å². The summed E-state index contributed by atoms with van der Waals surface area (Å²) < 4.78 is 6.34. The third kappa shape index (κ3) is 3.81. The van der Waals surface area contributed by atoms with E-state index in [4.69, 9.17) is 4.74 Å². The number of Topliss-reactive ketones (excluding diaryl/α,β-unsaturated/α-hetero) is 2. The van der Waals surface area contributed by atoms with Gasteiger partial charge in [-0.3, -0.25) is 9.59 Å². The summed E-state index contributed by atoms with van der Waals surface area (Å²) in [5.74, 6) is 0.475. The van der Waals surface area contributed by atoms with Crippen molar-refractivity contribution >= 4 is 23.0 Å². The topological polar surface area (TPSA) is 84.6 Å². The molecule has 1 saturated heterocycles. The summed E-state index contributed by atoms with van der Waals surface area (Å²) in [6.45, 7) is 7.86. The molecule has 2 aliphatic heterocycles. The highest BCUT2D eigenvalue weighted by atomic mass is 16.5. The minimum Gasteiger partial charge on any atom is -0.468 e. The number of rotatable bonds is 5. The van der Waals surface area contributed by atoms with Gasteiger partial charge >= 0.3 is 0 Å². The Morgan fingerprint density at radius 1 is 1.03 bits per heavy atom. The van der Waals surface area contributed by atoms with Crippen molar-refractivity contribution in [3.63, 3.8) is 0 Å². The number of para-hydroxylation sites is 1. The predicted molar refractivity (Wildman–Crippen MR) is 133 cm³/mol. The van der Waals surface area contributed by atoms with Crippen molar-refractivity contribution in [3.8, 4) is 5.75 Å². The quantitative estimate of drug-likeness (QED) is 0.568. The molecule has 0 spiro atoms. The zero-order valence-electron chi connectivity index (χ0n) is 19.8. The van der Waals surface area contributed by atoms with E-state index in [1.165, 1.54) is 0 Å². The van der Waals surface area contributed by atoms with E-state index in [1.54, 1.807) is 24.3 Å². The van der Waals surface area contributed by atoms with Crippen molar-refractivity contribution in [1.29, 1.82) is 0 Å². The van der Waals surface area contributed by atoms with Gasteiger partial charge in [-0.05, 0) is 32.0 Å². The number of nitrogens with one attached hydrogen (secondary N) is 3. The Bertz CT molecular complexity index is 1320. The first kappa shape index (κ1) is 21.9. The largest absolute Gasteiger partial charge is 0.468 e. The first-order chi connectivity index (χ1) is 17.1. The summed E-state index contributed by atoms with van der Waals surface area (Å²) in [6.07, 6.45) is 2.41. The summed E-state index contributed by atoms with van der Waals surface area (Å²) in [6, 6.07) is 13.0. The molecule has 2 aromatic carbocycles. The molecule has 6 rings (SSSR count). The van der Waals surface area contributed by atoms with E-state index in [1.807, 2.05) is 31.2 Å². The van der Waals surface area contributed by atoms with Gasteiger partial charge in [0.2, 0.25) is 23.3 Å². The number of carbonyl (C=O) groups excluding carboxylic acids is 2. The van der Waals surface area contributed by atoms with Crippen molar-refractivity contribution in [2.24, 2.45) is 0 Å². The highest BCUT2D eigenvalue weighted by Crippen LogP contribution is 2.36. The SMILES string of the molecule is Cc1cccc2c1[NH+]=C1C3=C(C(=O)c4ccccc4C3=O)C(NCCCN3CCNCC3)=CC1O2. The Kier molecular flexibility index (Phi) is 5.59. The average Bonchev–Trinajstić information content (AvgIpc) is 2.89. The van der Waals surface area contributed by atoms with Crippen LogP contribution in [0.15, 0.2) is 65.4 Å². The van der Waals surface area contributed by atoms with Crippen LogP contribution in [0.25, 0.3) is 0 Å². The minimum absolute atomic E-state index is 0.126. The van der Waals surface area contributed by atoms with Crippen molar-refractivity contribution < 1.29 is 19.3 Å². The van der Waals surface area contributed by atoms with Gasteiger partial charge in [0.05, 0.1) is 5.57 Å². The van der Waals surface area contributed by atoms with Crippen LogP contribution in [0.5, 0.6) is 5.75 Å². The Balaban J connectivity index is 1.36. The Hall–Kier alpha value is -3.55. The van der Waals surface area contributed by atoms with Crippen LogP contribution in [0.3, 0.4) is 0 Å². The third-order valence-corrected chi connectivity index (χ3v) is 7.19. The van der Waals surface area contributed by atoms with Crippen molar-refractivity contribution in [1.82, 2.24) is 15.5 Å². The van der Waals surface area contributed by atoms with Crippen LogP contribution < -0.4 is 20.4 Å². The summed E-state index contributed by atoms with van der Waals surface area (Å²) in [4.78, 5) is 33.3. The fraction of sp³-hybridized carbons (Fsp3) is 0.321. The standard InChI is InChI=1S/C28H28N4O3/c1-17-6-4-9-21-25(17)31-26-22(35-21)16-20(30-10-5-13-32-14-11-29-12-15-32)23-24(26)28(34)19-8-3-2-7-18(19)27(23)33/h2-4,6-9,16,22,29-30H,5,10-15H2,1H3/p+1. The van der Waals surface area contributed by atoms with E-state index in [9.17, 15) is 9.59 Å². The fourth-order valence-electron chi connectivity index (χ4n) is 5.35. The van der Waals surface area contributed by atoms with E-state index in [-0.39, 0.29) is 11.6 Å². The van der Waals surface area contributed by atoms with Crippen LogP contribution in [0.1, 0.15) is 32.7 Å². The molecular weight excluding hydrogens is 440 g/mol. The lowest BCUT2D eigenvalue weighted by atomic mass is 9.76. The van der Waals surface area contributed by atoms with Gasteiger partial charge in [0, 0.05) is 55.1 Å². The van der Waals surface area contributed by atoms with Crippen LogP contribution in [-0.2, 0) is 0 Å². The zero-order valence-corrected chi connectivity index (χ0v) is 19.8. The number of aryl methyl sites for hydroxylation is 1. The lowest BCUT2D eigenvalue weighted by Gasteiger charge is -2.31. The zero-order chi connectivity index (χ0) is 23.9. The van der Waals surface area contributed by atoms with Crippen molar-refractivity contribution in [2.75, 3.05) is 39.3 Å². The van der Waals surface area contributed by atoms with Gasteiger partial charge in [0.1, 0.15) is 5.57 Å². The molecule has 0 bridgehead atoms. The maximum Gasteiger partial charge on any atom is 0.249 e. The van der Waals surface area contributed by atoms with Gasteiger partial charge in [-0.2, -0.15) is 0 Å². The number of piperazine rings is 1. The molecule has 35 heavy (non-hydrogen) atoms. The first-order valence-corrected chi connectivity index (χ1v) is 12.3. The van der Waals surface area contributed by atoms with Crippen molar-refractivity contribution in [3.05, 3.63) is 82.1 Å². The van der Waals surface area contributed by atoms with E-state index >= 15 is 0 Å². The minimum atomic E-state index is -0.472. The normalized spacial score (nSPS) is 21.2. The van der Waals surface area contributed by atoms with Crippen LogP contribution in [0.2, 0.25) is 0 Å². The molecule has 0 amide bonds. The number of benzene rings is 2. The van der Waals surface area contributed by atoms with E-state index in [0.717, 1.165) is 56.1 Å². The summed E-state index contributed by atoms with van der Waals surface area (Å²) in [7, 11) is 0. The molecule has 2 aliphatic carbocycles. The molecule has 0 aromatic heterocycles. The molecule has 0 saturated carbocycles. The molecule has 1 unspecified atom stereocenters. The summed E-state index contributed by atoms with van der Waals surface area (Å²) >= 11 is 0. The first-order valence-electron chi connectivity index (χ1n) is 12.3. The lowest BCUT2D eigenvalue weighted by molar-refractivity contribution is -0.363. The average molecular weight is 470 g/mol. The van der Waals surface area contributed by atoms with Crippen LogP contribution in [-0.4, -0.2) is 67.6 Å². The number of fused-ring (bicyclic) bond motifs is 4. The monoisotopic (exact) mass is 469 g/mol. The van der Waals surface area contributed by atoms with Crippen LogP contribution in [0.4, 0.5) is 5.69 Å². The van der Waals surface area contributed by atoms with Gasteiger partial charge in [-0.15, -0.1) is 0 Å². The second-order valence-corrected chi connectivity index (χ2v) is 9.43. The molecule has 1 atom stereocenters. The van der Waals surface area contributed by atoms with E-state index in [0.29, 0.717) is 40.2 Å². The maximum atomic E-state index is 13.7. The molecule has 7 heteroatoms. The number of nitrogens with zero attached hydrogens (tertiary/aromatic N) is 1. The molecule has 2 heterocycles. The van der Waals surface area contributed by atoms with Crippen molar-refractivity contribution in [2.45, 2.75) is 19.4 Å². The molecule has 3 N–H and O–H groups in total. The number of carbonyl (C=O) groups is 2. The number of ketones is 2. The highest BCUT2D eigenvalue weighted by Gasteiger charge is 2.46. The molecule has 178 valence electrons. The summed E-state index contributed by atoms with van der Waals surface area (Å²) in [5.41, 5.74) is 4.93. The molecule has 7 nitrogen and oxygen atoms in total. The number of allylic oxidation sites excluding steroid dienone is 1. The summed E-state index contributed by atoms with van der Waals surface area (Å²) in [5, 5.41) is 6.86. The maximum absolute atomic E-state index is 13.7. The molecular formula is C28H29N4O3+. The predicted octanol–water partition coefficient (Wildman–Crippen LogP) is 1.07. The van der Waals surface area contributed by atoms with E-state index < -0.39 is 6.10 Å². The van der Waals surface area contributed by atoms with Crippen LogP contribution in [0, 0.1) is 6.92 Å². The molecule has 0 radical (unpaired) electrons. The second-order valence-electron chi connectivity index (χ2n) is 9.43. The number of ether oxygens (including phenoxy) is 1. The van der Waals surface area contributed by atoms with Crippen LogP contribution >= 0.6 is 0 Å². The molecule has 2 aromatic rings. The Morgan fingerprint density at radius 3 is 2.54 bits per heavy atom. The van der Waals surface area contributed by atoms with Gasteiger partial charge in [-0.25, -0.2) is 4.99 Å². The number of hydrogen-bond acceptors (Lipinski definition) is 6. The fourth-order valence-corrected chi connectivity index (χ4v) is 5.35. The van der Waals surface area contributed by atoms with Gasteiger partial charge in [0.15, 0.2) is 11.5 Å². The molecule has 1 fully saturated rings. The number of hydrogen-bond donors (Lipinski definition) is 3. The highest BCUT2D eigenvalue weighted by molar-refractivity contribution is 6.39. The molecule has 4 aliphatic rings. The second kappa shape index (κ2) is 8.91. The van der Waals surface area contributed by atoms with Gasteiger partial charge in [0.25, 0.3) is 0 Å². The third-order valence-electron chi connectivity index (χ3n) is 7.19. The Labute approximate surface area is 204 Å². The van der Waals surface area contributed by atoms with Gasteiger partial charge in [-0.1, -0.05) is 36.4 Å².